The highest BCUT2D eigenvalue weighted by molar-refractivity contribution is 6.42. The molecule has 0 aliphatic rings. The molecule has 5 nitrogen and oxygen atoms in total. The van der Waals surface area contributed by atoms with Crippen LogP contribution in [-0.2, 0) is 6.42 Å². The maximum Gasteiger partial charge on any atom is 0.269 e. The number of rotatable bonds is 5. The van der Waals surface area contributed by atoms with Crippen molar-refractivity contribution in [3.63, 3.8) is 0 Å². The Morgan fingerprint density at radius 3 is 2.52 bits per heavy atom. The zero-order valence-electron chi connectivity index (χ0n) is 14.0. The summed E-state index contributed by atoms with van der Waals surface area (Å²) in [5.41, 5.74) is 2.63. The normalized spacial score (nSPS) is 11.7. The minimum Gasteiger partial charge on any atom is -0.354 e. The summed E-state index contributed by atoms with van der Waals surface area (Å²) in [5, 5.41) is 12.7. The number of carbonyl (C=O) groups excluding carboxylic acids is 2. The van der Waals surface area contributed by atoms with E-state index in [0.29, 0.717) is 44.5 Å². The summed E-state index contributed by atoms with van der Waals surface area (Å²) in [7, 11) is 0. The minimum absolute atomic E-state index is 0.106. The van der Waals surface area contributed by atoms with Gasteiger partial charge in [0, 0.05) is 11.3 Å². The van der Waals surface area contributed by atoms with Crippen molar-refractivity contribution in [2.45, 2.75) is 33.2 Å². The van der Waals surface area contributed by atoms with Crippen molar-refractivity contribution < 1.29 is 9.59 Å². The molecule has 7 heteroatoms. The Kier molecular flexibility index (Phi) is 5.89. The number of carbonyl (C=O) groups is 2. The first-order valence-electron chi connectivity index (χ1n) is 7.67. The first-order chi connectivity index (χ1) is 11.8. The number of nitrogens with one attached hydrogen (secondary N) is 2. The van der Waals surface area contributed by atoms with Crippen molar-refractivity contribution in [2.75, 3.05) is 0 Å². The summed E-state index contributed by atoms with van der Waals surface area (Å²) >= 11 is 11.9. The number of hydrogen-bond donors (Lipinski definition) is 2. The number of nitriles is 1. The fourth-order valence-electron chi connectivity index (χ4n) is 2.79. The molecule has 0 saturated heterocycles. The lowest BCUT2D eigenvalue weighted by atomic mass is 10.0. The van der Waals surface area contributed by atoms with Gasteiger partial charge in [0.15, 0.2) is 5.78 Å². The Hall–Kier alpha value is -2.29. The van der Waals surface area contributed by atoms with Crippen molar-refractivity contribution in [1.29, 1.82) is 5.26 Å². The molecule has 25 heavy (non-hydrogen) atoms. The maximum atomic E-state index is 12.6. The van der Waals surface area contributed by atoms with Gasteiger partial charge in [0.1, 0.15) is 11.7 Å². The second kappa shape index (κ2) is 7.73. The second-order valence-corrected chi connectivity index (χ2v) is 6.41. The molecule has 1 atom stereocenters. The van der Waals surface area contributed by atoms with E-state index in [4.69, 9.17) is 23.2 Å². The van der Waals surface area contributed by atoms with Gasteiger partial charge in [0.25, 0.3) is 5.91 Å². The summed E-state index contributed by atoms with van der Waals surface area (Å²) in [6, 6.07) is 5.88. The van der Waals surface area contributed by atoms with Gasteiger partial charge in [-0.25, -0.2) is 0 Å². The molecule has 2 aromatic rings. The number of amides is 1. The van der Waals surface area contributed by atoms with E-state index >= 15 is 0 Å². The molecule has 0 aliphatic heterocycles. The molecule has 0 bridgehead atoms. The van der Waals surface area contributed by atoms with Gasteiger partial charge in [-0.15, -0.1) is 0 Å². The summed E-state index contributed by atoms with van der Waals surface area (Å²) in [6.07, 6.45) is 0.520. The van der Waals surface area contributed by atoms with Crippen LogP contribution in [-0.4, -0.2) is 16.7 Å². The molecule has 0 radical (unpaired) electrons. The van der Waals surface area contributed by atoms with Crippen molar-refractivity contribution in [3.8, 4) is 6.07 Å². The highest BCUT2D eigenvalue weighted by Gasteiger charge is 2.24. The van der Waals surface area contributed by atoms with E-state index in [1.54, 1.807) is 25.1 Å². The van der Waals surface area contributed by atoms with Gasteiger partial charge in [0.2, 0.25) is 0 Å². The molecule has 1 aromatic heterocycles. The number of ketones is 1. The minimum atomic E-state index is -0.892. The smallest absolute Gasteiger partial charge is 0.269 e. The van der Waals surface area contributed by atoms with Gasteiger partial charge in [-0.3, -0.25) is 9.59 Å². The molecule has 1 heterocycles. The molecule has 130 valence electrons. The van der Waals surface area contributed by atoms with Crippen molar-refractivity contribution >= 4 is 34.9 Å². The number of nitrogens with zero attached hydrogens (tertiary/aromatic N) is 1. The van der Waals surface area contributed by atoms with Crippen molar-refractivity contribution in [2.24, 2.45) is 0 Å². The lowest BCUT2D eigenvalue weighted by molar-refractivity contribution is 0.0939. The summed E-state index contributed by atoms with van der Waals surface area (Å²) in [6.45, 7) is 5.07. The molecule has 0 saturated carbocycles. The summed E-state index contributed by atoms with van der Waals surface area (Å²) in [5.74, 6) is -0.559. The third kappa shape index (κ3) is 3.87. The summed E-state index contributed by atoms with van der Waals surface area (Å²) in [4.78, 5) is 27.4. The molecular formula is C18H17Cl2N3O2. The fourth-order valence-corrected chi connectivity index (χ4v) is 3.09. The van der Waals surface area contributed by atoms with Crippen LogP contribution in [0.3, 0.4) is 0 Å². The Bertz CT molecular complexity index is 881. The monoisotopic (exact) mass is 377 g/mol. The van der Waals surface area contributed by atoms with E-state index in [1.807, 2.05) is 13.0 Å². The standard InChI is InChI=1S/C18H17Cl2N3O2/c1-4-12-16(10(3)24)9(2)22-17(12)18(25)23-15(8-21)11-5-6-13(19)14(20)7-11/h5-7,15,22H,4H2,1-3H3,(H,23,25)/t15-/m1/s1. The average Bonchev–Trinajstić information content (AvgIpc) is 2.91. The largest absolute Gasteiger partial charge is 0.354 e. The third-order valence-electron chi connectivity index (χ3n) is 3.91. The number of aromatic nitrogens is 1. The van der Waals surface area contributed by atoms with Crippen LogP contribution in [0.1, 0.15) is 57.6 Å². The number of aromatic amines is 1. The van der Waals surface area contributed by atoms with Crippen LogP contribution in [0.15, 0.2) is 18.2 Å². The van der Waals surface area contributed by atoms with Gasteiger partial charge in [-0.1, -0.05) is 36.2 Å². The number of Topliss-reactive ketones (excluding diaryl/α,β-unsaturated/α-hetero) is 1. The Morgan fingerprint density at radius 2 is 2.00 bits per heavy atom. The van der Waals surface area contributed by atoms with E-state index in [-0.39, 0.29) is 5.78 Å². The quantitative estimate of drug-likeness (QED) is 0.757. The Morgan fingerprint density at radius 1 is 1.32 bits per heavy atom. The Labute approximate surface area is 155 Å². The van der Waals surface area contributed by atoms with E-state index in [9.17, 15) is 14.9 Å². The molecule has 1 amide bonds. The summed E-state index contributed by atoms with van der Waals surface area (Å²) < 4.78 is 0. The average molecular weight is 378 g/mol. The van der Waals surface area contributed by atoms with Crippen molar-refractivity contribution in [3.05, 3.63) is 56.3 Å². The van der Waals surface area contributed by atoms with E-state index in [2.05, 4.69) is 10.3 Å². The van der Waals surface area contributed by atoms with Crippen LogP contribution in [0, 0.1) is 18.3 Å². The highest BCUT2D eigenvalue weighted by atomic mass is 35.5. The van der Waals surface area contributed by atoms with Crippen LogP contribution < -0.4 is 5.32 Å². The third-order valence-corrected chi connectivity index (χ3v) is 4.64. The molecule has 2 N–H and O–H groups in total. The molecule has 0 unspecified atom stereocenters. The predicted molar refractivity (Wildman–Crippen MR) is 97.2 cm³/mol. The molecular weight excluding hydrogens is 361 g/mol. The number of aryl methyl sites for hydroxylation is 1. The maximum absolute atomic E-state index is 12.6. The van der Waals surface area contributed by atoms with Crippen LogP contribution in [0.2, 0.25) is 10.0 Å². The zero-order chi connectivity index (χ0) is 18.7. The van der Waals surface area contributed by atoms with Crippen molar-refractivity contribution in [1.82, 2.24) is 10.3 Å². The molecule has 0 aliphatic carbocycles. The highest BCUT2D eigenvalue weighted by Crippen LogP contribution is 2.26. The van der Waals surface area contributed by atoms with Gasteiger partial charge in [-0.05, 0) is 43.5 Å². The molecule has 2 rings (SSSR count). The number of halogens is 2. The Balaban J connectivity index is 2.35. The van der Waals surface area contributed by atoms with Gasteiger partial charge in [0.05, 0.1) is 16.1 Å². The van der Waals surface area contributed by atoms with Crippen LogP contribution in [0.25, 0.3) is 0 Å². The van der Waals surface area contributed by atoms with E-state index < -0.39 is 11.9 Å². The SMILES string of the molecule is CCc1c(C(=O)N[C@H](C#N)c2ccc(Cl)c(Cl)c2)[nH]c(C)c1C(C)=O. The van der Waals surface area contributed by atoms with Crippen LogP contribution in [0.5, 0.6) is 0 Å². The van der Waals surface area contributed by atoms with Gasteiger partial charge < -0.3 is 10.3 Å². The molecule has 0 fully saturated rings. The second-order valence-electron chi connectivity index (χ2n) is 5.60. The topological polar surface area (TPSA) is 85.8 Å². The molecule has 1 aromatic carbocycles. The predicted octanol–water partition coefficient (Wildman–Crippen LogP) is 4.39. The fraction of sp³-hybridized carbons (Fsp3) is 0.278. The lowest BCUT2D eigenvalue weighted by Crippen LogP contribution is -2.28. The van der Waals surface area contributed by atoms with E-state index in [0.717, 1.165) is 0 Å². The lowest BCUT2D eigenvalue weighted by Gasteiger charge is -2.13. The zero-order valence-corrected chi connectivity index (χ0v) is 15.5. The van der Waals surface area contributed by atoms with Crippen LogP contribution >= 0.6 is 23.2 Å². The number of hydrogen-bond acceptors (Lipinski definition) is 3. The number of benzene rings is 1. The van der Waals surface area contributed by atoms with Gasteiger partial charge in [-0.2, -0.15) is 5.26 Å². The first kappa shape index (κ1) is 19.0. The molecule has 0 spiro atoms. The number of H-pyrrole nitrogens is 1. The van der Waals surface area contributed by atoms with Crippen LogP contribution in [0.4, 0.5) is 0 Å². The van der Waals surface area contributed by atoms with E-state index in [1.165, 1.54) is 6.92 Å². The van der Waals surface area contributed by atoms with Gasteiger partial charge >= 0.3 is 0 Å². The first-order valence-corrected chi connectivity index (χ1v) is 8.43.